The van der Waals surface area contributed by atoms with E-state index in [4.69, 9.17) is 5.84 Å². The summed E-state index contributed by atoms with van der Waals surface area (Å²) in [6.45, 7) is 1.18. The number of carbonyl (C=O) groups excluding carboxylic acids is 1. The number of nitrogen functional groups attached to an aromatic ring is 1. The van der Waals surface area contributed by atoms with E-state index in [1.807, 2.05) is 0 Å². The number of nitrogens with zero attached hydrogens (tertiary/aromatic N) is 1. The van der Waals surface area contributed by atoms with Crippen LogP contribution in [-0.2, 0) is 0 Å². The number of hydrogen-bond donors (Lipinski definition) is 3. The lowest BCUT2D eigenvalue weighted by Gasteiger charge is -2.16. The highest BCUT2D eigenvalue weighted by Gasteiger charge is 2.31. The maximum Gasteiger partial charge on any atom is 0.391 e. The van der Waals surface area contributed by atoms with Gasteiger partial charge in [-0.2, -0.15) is 13.2 Å². The first-order valence-corrected chi connectivity index (χ1v) is 5.76. The average Bonchev–Trinajstić information content (AvgIpc) is 2.35. The second kappa shape index (κ2) is 6.39. The number of halogens is 3. The monoisotopic (exact) mass is 306 g/mol. The van der Waals surface area contributed by atoms with Crippen LogP contribution in [0.2, 0.25) is 0 Å². The third kappa shape index (κ3) is 4.91. The minimum atomic E-state index is -4.43. The quantitative estimate of drug-likeness (QED) is 0.437. The van der Waals surface area contributed by atoms with E-state index in [0.29, 0.717) is 0 Å². The number of nitro benzene ring substituents is 1. The Morgan fingerprint density at radius 3 is 2.57 bits per heavy atom. The lowest BCUT2D eigenvalue weighted by atomic mass is 10.1. The molecule has 0 heterocycles. The third-order valence-corrected chi connectivity index (χ3v) is 2.53. The predicted molar refractivity (Wildman–Crippen MR) is 68.5 cm³/mol. The molecule has 1 aromatic carbocycles. The number of rotatable bonds is 5. The number of amides is 1. The Kier molecular flexibility index (Phi) is 5.08. The van der Waals surface area contributed by atoms with E-state index < -0.39 is 29.5 Å². The van der Waals surface area contributed by atoms with Crippen molar-refractivity contribution >= 4 is 17.3 Å². The van der Waals surface area contributed by atoms with Crippen LogP contribution in [0.25, 0.3) is 0 Å². The molecule has 1 aromatic rings. The smallest absolute Gasteiger partial charge is 0.349 e. The second-order valence-electron chi connectivity index (χ2n) is 4.33. The fraction of sp³-hybridized carbons (Fsp3) is 0.364. The first-order chi connectivity index (χ1) is 9.64. The fourth-order valence-corrected chi connectivity index (χ4v) is 1.66. The van der Waals surface area contributed by atoms with Crippen LogP contribution in [0, 0.1) is 10.1 Å². The number of hydrazine groups is 1. The summed E-state index contributed by atoms with van der Waals surface area (Å²) in [5.74, 6) is 4.28. The summed E-state index contributed by atoms with van der Waals surface area (Å²) in [6, 6.07) is 2.07. The van der Waals surface area contributed by atoms with Crippen LogP contribution in [0.5, 0.6) is 0 Å². The van der Waals surface area contributed by atoms with Gasteiger partial charge in [-0.05, 0) is 13.0 Å². The van der Waals surface area contributed by atoms with Gasteiger partial charge in [0.05, 0.1) is 22.6 Å². The number of anilines is 1. The Morgan fingerprint density at radius 2 is 2.10 bits per heavy atom. The molecule has 0 saturated heterocycles. The van der Waals surface area contributed by atoms with Crippen molar-refractivity contribution in [1.82, 2.24) is 5.32 Å². The van der Waals surface area contributed by atoms with Gasteiger partial charge in [-0.15, -0.1) is 0 Å². The predicted octanol–water partition coefficient (Wildman–Crippen LogP) is 1.95. The van der Waals surface area contributed by atoms with Crippen LogP contribution in [0.4, 0.5) is 24.5 Å². The fourth-order valence-electron chi connectivity index (χ4n) is 1.66. The summed E-state index contributed by atoms with van der Waals surface area (Å²) in [6.07, 6.45) is -5.64. The molecule has 1 atom stereocenters. The molecule has 0 fully saturated rings. The number of non-ortho nitro benzene ring substituents is 1. The van der Waals surface area contributed by atoms with Crippen molar-refractivity contribution in [2.45, 2.75) is 25.6 Å². The van der Waals surface area contributed by atoms with Gasteiger partial charge in [-0.25, -0.2) is 0 Å². The minimum Gasteiger partial charge on any atom is -0.349 e. The van der Waals surface area contributed by atoms with Crippen LogP contribution < -0.4 is 16.6 Å². The van der Waals surface area contributed by atoms with Crippen molar-refractivity contribution in [3.05, 3.63) is 33.9 Å². The number of alkyl halides is 3. The van der Waals surface area contributed by atoms with Gasteiger partial charge >= 0.3 is 6.18 Å². The van der Waals surface area contributed by atoms with Crippen molar-refractivity contribution in [3.8, 4) is 0 Å². The van der Waals surface area contributed by atoms with Crippen molar-refractivity contribution in [2.75, 3.05) is 5.43 Å². The lowest BCUT2D eigenvalue weighted by molar-refractivity contribution is -0.384. The molecule has 0 bridgehead atoms. The molecule has 0 spiro atoms. The zero-order valence-electron chi connectivity index (χ0n) is 10.9. The summed E-state index contributed by atoms with van der Waals surface area (Å²) in [7, 11) is 0. The molecule has 0 aliphatic heterocycles. The number of hydrogen-bond acceptors (Lipinski definition) is 5. The Labute approximate surface area is 117 Å². The van der Waals surface area contributed by atoms with E-state index in [9.17, 15) is 28.1 Å². The van der Waals surface area contributed by atoms with Gasteiger partial charge in [0.1, 0.15) is 0 Å². The second-order valence-corrected chi connectivity index (χ2v) is 4.33. The normalized spacial score (nSPS) is 12.6. The average molecular weight is 306 g/mol. The summed E-state index contributed by atoms with van der Waals surface area (Å²) < 4.78 is 36.6. The summed E-state index contributed by atoms with van der Waals surface area (Å²) in [5, 5.41) is 12.8. The van der Waals surface area contributed by atoms with Gasteiger partial charge in [0.25, 0.3) is 11.6 Å². The molecule has 1 rings (SSSR count). The number of carbonyl (C=O) groups is 1. The van der Waals surface area contributed by atoms with E-state index in [2.05, 4.69) is 10.7 Å². The zero-order chi connectivity index (χ0) is 16.2. The van der Waals surface area contributed by atoms with Gasteiger partial charge < -0.3 is 10.7 Å². The van der Waals surface area contributed by atoms with E-state index >= 15 is 0 Å². The number of nitro groups is 1. The Bertz CT molecular complexity index is 548. The molecule has 0 aliphatic carbocycles. The highest BCUT2D eigenvalue weighted by molar-refractivity contribution is 6.00. The summed E-state index contributed by atoms with van der Waals surface area (Å²) in [4.78, 5) is 21.8. The van der Waals surface area contributed by atoms with Crippen molar-refractivity contribution < 1.29 is 22.9 Å². The maximum atomic E-state index is 12.2. The molecule has 4 N–H and O–H groups in total. The molecule has 116 valence electrons. The highest BCUT2D eigenvalue weighted by atomic mass is 19.4. The SMILES string of the molecule is CC(CC(F)(F)F)NC(=O)c1cc([N+](=O)[O-])ccc1NN. The standard InChI is InChI=1S/C11H13F3N4O3/c1-6(5-11(12,13)14)16-10(19)8-4-7(18(20)21)2-3-9(8)17-15/h2-4,6,17H,5,15H2,1H3,(H,16,19). The minimum absolute atomic E-state index is 0.0670. The molecule has 1 unspecified atom stereocenters. The molecule has 10 heteroatoms. The summed E-state index contributed by atoms with van der Waals surface area (Å²) >= 11 is 0. The Hall–Kier alpha value is -2.36. The zero-order valence-corrected chi connectivity index (χ0v) is 10.9. The molecule has 7 nitrogen and oxygen atoms in total. The largest absolute Gasteiger partial charge is 0.391 e. The molecule has 21 heavy (non-hydrogen) atoms. The number of benzene rings is 1. The van der Waals surface area contributed by atoms with Crippen LogP contribution in [0.3, 0.4) is 0 Å². The van der Waals surface area contributed by atoms with Gasteiger partial charge in [-0.3, -0.25) is 20.8 Å². The van der Waals surface area contributed by atoms with E-state index in [0.717, 1.165) is 12.1 Å². The van der Waals surface area contributed by atoms with Crippen molar-refractivity contribution in [3.63, 3.8) is 0 Å². The summed E-state index contributed by atoms with van der Waals surface area (Å²) in [5.41, 5.74) is 1.65. The Morgan fingerprint density at radius 1 is 1.48 bits per heavy atom. The van der Waals surface area contributed by atoms with Gasteiger partial charge in [0.15, 0.2) is 0 Å². The molecule has 0 aromatic heterocycles. The first kappa shape index (κ1) is 16.7. The van der Waals surface area contributed by atoms with Crippen LogP contribution in [-0.4, -0.2) is 23.0 Å². The number of nitrogens with one attached hydrogen (secondary N) is 2. The Balaban J connectivity index is 2.95. The number of nitrogens with two attached hydrogens (primary N) is 1. The van der Waals surface area contributed by atoms with Crippen LogP contribution in [0.15, 0.2) is 18.2 Å². The molecule has 0 aliphatic rings. The van der Waals surface area contributed by atoms with Crippen LogP contribution in [0.1, 0.15) is 23.7 Å². The van der Waals surface area contributed by atoms with Crippen molar-refractivity contribution in [1.29, 1.82) is 0 Å². The molecule has 0 saturated carbocycles. The van der Waals surface area contributed by atoms with Gasteiger partial charge in [0, 0.05) is 18.2 Å². The topological polar surface area (TPSA) is 110 Å². The van der Waals surface area contributed by atoms with Gasteiger partial charge in [0.2, 0.25) is 0 Å². The van der Waals surface area contributed by atoms with Crippen molar-refractivity contribution in [2.24, 2.45) is 5.84 Å². The molecular weight excluding hydrogens is 293 g/mol. The molecule has 0 radical (unpaired) electrons. The van der Waals surface area contributed by atoms with Crippen LogP contribution >= 0.6 is 0 Å². The first-order valence-electron chi connectivity index (χ1n) is 5.76. The molecule has 1 amide bonds. The third-order valence-electron chi connectivity index (χ3n) is 2.53. The van der Waals surface area contributed by atoms with E-state index in [1.54, 1.807) is 0 Å². The maximum absolute atomic E-state index is 12.2. The highest BCUT2D eigenvalue weighted by Crippen LogP contribution is 2.23. The lowest BCUT2D eigenvalue weighted by Crippen LogP contribution is -2.36. The van der Waals surface area contributed by atoms with E-state index in [-0.39, 0.29) is 16.9 Å². The molecular formula is C11H13F3N4O3. The van der Waals surface area contributed by atoms with E-state index in [1.165, 1.54) is 13.0 Å². The van der Waals surface area contributed by atoms with Gasteiger partial charge in [-0.1, -0.05) is 0 Å².